The minimum Gasteiger partial charge on any atom is -0.493 e. The van der Waals surface area contributed by atoms with Crippen molar-refractivity contribution in [3.63, 3.8) is 0 Å². The van der Waals surface area contributed by atoms with E-state index in [2.05, 4.69) is 5.32 Å². The maximum absolute atomic E-state index is 14.5. The zero-order chi connectivity index (χ0) is 27.3. The van der Waals surface area contributed by atoms with Gasteiger partial charge in [0, 0.05) is 28.8 Å². The van der Waals surface area contributed by atoms with Crippen molar-refractivity contribution in [2.75, 3.05) is 31.6 Å². The Hall–Kier alpha value is -3.41. The van der Waals surface area contributed by atoms with Gasteiger partial charge in [0.15, 0.2) is 23.1 Å². The van der Waals surface area contributed by atoms with Crippen LogP contribution < -0.4 is 19.1 Å². The highest BCUT2D eigenvalue weighted by molar-refractivity contribution is 7.92. The molecule has 1 amide bonds. The van der Waals surface area contributed by atoms with Gasteiger partial charge in [0.2, 0.25) is 5.91 Å². The summed E-state index contributed by atoms with van der Waals surface area (Å²) in [5.74, 6) is -2.74. The molecule has 0 heterocycles. The molecule has 0 fully saturated rings. The largest absolute Gasteiger partial charge is 0.493 e. The molecule has 0 spiro atoms. The molecule has 2 N–H and O–H groups in total. The van der Waals surface area contributed by atoms with E-state index < -0.39 is 45.8 Å². The average Bonchev–Trinajstić information content (AvgIpc) is 2.88. The summed E-state index contributed by atoms with van der Waals surface area (Å²) in [6, 6.07) is 11.0. The van der Waals surface area contributed by atoms with E-state index in [1.54, 1.807) is 6.92 Å². The molecule has 0 aliphatic heterocycles. The lowest BCUT2D eigenvalue weighted by atomic mass is 9.99. The SMILES string of the molecule is CCNC(=O)CN(c1ccc(Cl)cc1C(O)c1cccc(F)c1F)S(=O)(=O)c1ccc(OC)c(OC)c1. The first kappa shape index (κ1) is 28.2. The van der Waals surface area contributed by atoms with Gasteiger partial charge in [-0.25, -0.2) is 17.2 Å². The molecule has 1 unspecified atom stereocenters. The smallest absolute Gasteiger partial charge is 0.264 e. The topological polar surface area (TPSA) is 105 Å². The molecular weight excluding hydrogens is 530 g/mol. The predicted molar refractivity (Wildman–Crippen MR) is 135 cm³/mol. The van der Waals surface area contributed by atoms with E-state index in [9.17, 15) is 27.1 Å². The van der Waals surface area contributed by atoms with Crippen molar-refractivity contribution >= 4 is 33.2 Å². The summed E-state index contributed by atoms with van der Waals surface area (Å²) in [6.07, 6.45) is -1.82. The number of hydrogen-bond acceptors (Lipinski definition) is 6. The minimum absolute atomic E-state index is 0.0936. The third-order valence-corrected chi connectivity index (χ3v) is 7.42. The van der Waals surface area contributed by atoms with Gasteiger partial charge in [0.1, 0.15) is 12.6 Å². The first-order chi connectivity index (χ1) is 17.5. The summed E-state index contributed by atoms with van der Waals surface area (Å²) in [5.41, 5.74) is -0.767. The van der Waals surface area contributed by atoms with Crippen molar-refractivity contribution in [1.29, 1.82) is 0 Å². The summed E-state index contributed by atoms with van der Waals surface area (Å²) in [4.78, 5) is 12.3. The zero-order valence-electron chi connectivity index (χ0n) is 20.2. The molecule has 0 aliphatic carbocycles. The number of aliphatic hydroxyl groups is 1. The molecule has 0 aliphatic rings. The lowest BCUT2D eigenvalue weighted by Gasteiger charge is -2.28. The lowest BCUT2D eigenvalue weighted by Crippen LogP contribution is -2.41. The van der Waals surface area contributed by atoms with Crippen LogP contribution in [0.5, 0.6) is 11.5 Å². The number of benzene rings is 3. The number of aliphatic hydroxyl groups excluding tert-OH is 1. The Morgan fingerprint density at radius 2 is 1.76 bits per heavy atom. The van der Waals surface area contributed by atoms with E-state index in [1.807, 2.05) is 0 Å². The molecule has 0 saturated heterocycles. The second-order valence-corrected chi connectivity index (χ2v) is 10.0. The third-order valence-electron chi connectivity index (χ3n) is 5.43. The van der Waals surface area contributed by atoms with Crippen LogP contribution in [0.1, 0.15) is 24.2 Å². The number of nitrogens with zero attached hydrogens (tertiary/aromatic N) is 1. The average molecular weight is 555 g/mol. The van der Waals surface area contributed by atoms with Crippen molar-refractivity contribution in [3.05, 3.63) is 82.4 Å². The van der Waals surface area contributed by atoms with Crippen molar-refractivity contribution < 1.29 is 36.6 Å². The number of likely N-dealkylation sites (N-methyl/N-ethyl adjacent to an activating group) is 1. The fourth-order valence-corrected chi connectivity index (χ4v) is 5.30. The van der Waals surface area contributed by atoms with Gasteiger partial charge in [0.05, 0.1) is 24.8 Å². The molecule has 37 heavy (non-hydrogen) atoms. The fourth-order valence-electron chi connectivity index (χ4n) is 3.66. The Morgan fingerprint density at radius 3 is 2.41 bits per heavy atom. The molecule has 8 nitrogen and oxygen atoms in total. The van der Waals surface area contributed by atoms with E-state index in [0.29, 0.717) is 0 Å². The molecule has 3 aromatic rings. The number of anilines is 1. The van der Waals surface area contributed by atoms with Gasteiger partial charge < -0.3 is 19.9 Å². The Kier molecular flexibility index (Phi) is 8.95. The van der Waals surface area contributed by atoms with Crippen molar-refractivity contribution in [2.24, 2.45) is 0 Å². The van der Waals surface area contributed by atoms with Gasteiger partial charge in [-0.1, -0.05) is 23.7 Å². The lowest BCUT2D eigenvalue weighted by molar-refractivity contribution is -0.119. The van der Waals surface area contributed by atoms with E-state index in [-0.39, 0.29) is 39.2 Å². The Bertz CT molecular complexity index is 1400. The highest BCUT2D eigenvalue weighted by Gasteiger charge is 2.32. The fraction of sp³-hybridized carbons (Fsp3) is 0.240. The van der Waals surface area contributed by atoms with Crippen molar-refractivity contribution in [1.82, 2.24) is 5.32 Å². The number of hydrogen-bond donors (Lipinski definition) is 2. The second-order valence-electron chi connectivity index (χ2n) is 7.73. The number of halogens is 3. The molecule has 0 saturated carbocycles. The van der Waals surface area contributed by atoms with Gasteiger partial charge in [-0.05, 0) is 43.3 Å². The predicted octanol–water partition coefficient (Wildman–Crippen LogP) is 4.05. The summed E-state index contributed by atoms with van der Waals surface area (Å²) in [5, 5.41) is 13.7. The summed E-state index contributed by atoms with van der Waals surface area (Å²) in [7, 11) is -1.76. The van der Waals surface area contributed by atoms with Crippen LogP contribution in [0.25, 0.3) is 0 Å². The number of ether oxygens (including phenoxy) is 2. The quantitative estimate of drug-likeness (QED) is 0.392. The monoisotopic (exact) mass is 554 g/mol. The highest BCUT2D eigenvalue weighted by atomic mass is 35.5. The number of rotatable bonds is 10. The van der Waals surface area contributed by atoms with Crippen LogP contribution >= 0.6 is 11.6 Å². The molecule has 0 radical (unpaired) electrons. The number of amides is 1. The van der Waals surface area contributed by atoms with Gasteiger partial charge in [-0.15, -0.1) is 0 Å². The van der Waals surface area contributed by atoms with E-state index in [0.717, 1.165) is 16.4 Å². The summed E-state index contributed by atoms with van der Waals surface area (Å²) in [6.45, 7) is 1.21. The third kappa shape index (κ3) is 5.95. The van der Waals surface area contributed by atoms with Gasteiger partial charge in [-0.2, -0.15) is 0 Å². The van der Waals surface area contributed by atoms with Crippen LogP contribution in [0, 0.1) is 11.6 Å². The Morgan fingerprint density at radius 1 is 1.05 bits per heavy atom. The van der Waals surface area contributed by atoms with Crippen LogP contribution in [-0.4, -0.2) is 46.7 Å². The molecule has 0 aromatic heterocycles. The van der Waals surface area contributed by atoms with Crippen LogP contribution in [0.4, 0.5) is 14.5 Å². The van der Waals surface area contributed by atoms with Crippen LogP contribution in [0.2, 0.25) is 5.02 Å². The molecule has 1 atom stereocenters. The molecule has 3 rings (SSSR count). The molecule has 198 valence electrons. The second kappa shape index (κ2) is 11.8. The Labute approximate surface area is 218 Å². The van der Waals surface area contributed by atoms with Gasteiger partial charge >= 0.3 is 0 Å². The maximum atomic E-state index is 14.5. The van der Waals surface area contributed by atoms with Crippen LogP contribution in [-0.2, 0) is 14.8 Å². The minimum atomic E-state index is -4.48. The molecule has 12 heteroatoms. The number of carbonyl (C=O) groups excluding carboxylic acids is 1. The Balaban J connectivity index is 2.23. The number of carbonyl (C=O) groups is 1. The standard InChI is InChI=1S/C25H25ClF2N2O6S/c1-4-29-23(31)14-30(37(33,34)16-9-11-21(35-2)22(13-16)36-3)20-10-8-15(26)12-18(20)25(32)17-6-5-7-19(27)24(17)28/h5-13,25,32H,4,14H2,1-3H3,(H,29,31). The summed E-state index contributed by atoms with van der Waals surface area (Å²) < 4.78 is 67.3. The number of methoxy groups -OCH3 is 2. The molecule has 3 aromatic carbocycles. The van der Waals surface area contributed by atoms with Crippen molar-refractivity contribution in [3.8, 4) is 11.5 Å². The van der Waals surface area contributed by atoms with E-state index >= 15 is 0 Å². The normalized spacial score (nSPS) is 12.1. The van der Waals surface area contributed by atoms with Crippen molar-refractivity contribution in [2.45, 2.75) is 17.9 Å². The number of nitrogens with one attached hydrogen (secondary N) is 1. The van der Waals surface area contributed by atoms with Crippen LogP contribution in [0.3, 0.4) is 0 Å². The van der Waals surface area contributed by atoms with E-state index in [4.69, 9.17) is 21.1 Å². The zero-order valence-corrected chi connectivity index (χ0v) is 21.7. The van der Waals surface area contributed by atoms with Crippen LogP contribution in [0.15, 0.2) is 59.5 Å². The van der Waals surface area contributed by atoms with Gasteiger partial charge in [-0.3, -0.25) is 9.10 Å². The molecular formula is C25H25ClF2N2O6S. The summed E-state index contributed by atoms with van der Waals surface area (Å²) >= 11 is 6.13. The van der Waals surface area contributed by atoms with Gasteiger partial charge in [0.25, 0.3) is 10.0 Å². The first-order valence-corrected chi connectivity index (χ1v) is 12.8. The maximum Gasteiger partial charge on any atom is 0.264 e. The van der Waals surface area contributed by atoms with E-state index in [1.165, 1.54) is 56.7 Å². The number of sulfonamides is 1. The molecule has 0 bridgehead atoms. The highest BCUT2D eigenvalue weighted by Crippen LogP contribution is 2.38. The first-order valence-electron chi connectivity index (χ1n) is 11.0.